The zero-order valence-corrected chi connectivity index (χ0v) is 8.45. The van der Waals surface area contributed by atoms with Gasteiger partial charge in [0.15, 0.2) is 9.84 Å². The van der Waals surface area contributed by atoms with Crippen LogP contribution in [0.1, 0.15) is 6.92 Å². The third-order valence-electron chi connectivity index (χ3n) is 2.07. The lowest BCUT2D eigenvalue weighted by atomic mass is 10.2. The molecule has 2 atom stereocenters. The van der Waals surface area contributed by atoms with Gasteiger partial charge in [-0.15, -0.1) is 0 Å². The van der Waals surface area contributed by atoms with Crippen molar-refractivity contribution in [3.63, 3.8) is 0 Å². The van der Waals surface area contributed by atoms with E-state index < -0.39 is 27.8 Å². The van der Waals surface area contributed by atoms with E-state index in [1.165, 1.54) is 0 Å². The SMILES string of the molecule is CC1CNC(C(F)(F)F)CS(=O)(=O)C1. The molecule has 2 unspecified atom stereocenters. The van der Waals surface area contributed by atoms with Gasteiger partial charge in [0.25, 0.3) is 0 Å². The number of rotatable bonds is 0. The Kier molecular flexibility index (Phi) is 3.10. The first-order valence-electron chi connectivity index (χ1n) is 4.21. The zero-order valence-electron chi connectivity index (χ0n) is 7.63. The van der Waals surface area contributed by atoms with Crippen LogP contribution in [0, 0.1) is 5.92 Å². The van der Waals surface area contributed by atoms with Gasteiger partial charge in [-0.2, -0.15) is 13.2 Å². The number of hydrogen-bond acceptors (Lipinski definition) is 3. The summed E-state index contributed by atoms with van der Waals surface area (Å²) in [5, 5.41) is 2.22. The Hall–Kier alpha value is -0.300. The number of halogens is 3. The summed E-state index contributed by atoms with van der Waals surface area (Å²) < 4.78 is 59.2. The molecule has 0 bridgehead atoms. The second-order valence-electron chi connectivity index (χ2n) is 3.68. The molecule has 1 saturated heterocycles. The number of alkyl halides is 3. The maximum absolute atomic E-state index is 12.3. The molecule has 0 radical (unpaired) electrons. The highest BCUT2D eigenvalue weighted by Gasteiger charge is 2.43. The van der Waals surface area contributed by atoms with Crippen molar-refractivity contribution >= 4 is 9.84 Å². The molecule has 7 heteroatoms. The number of sulfone groups is 1. The lowest BCUT2D eigenvalue weighted by molar-refractivity contribution is -0.150. The van der Waals surface area contributed by atoms with E-state index in [-0.39, 0.29) is 18.2 Å². The summed E-state index contributed by atoms with van der Waals surface area (Å²) in [7, 11) is -3.58. The largest absolute Gasteiger partial charge is 0.404 e. The van der Waals surface area contributed by atoms with Gasteiger partial charge in [-0.1, -0.05) is 6.92 Å². The fourth-order valence-electron chi connectivity index (χ4n) is 1.43. The van der Waals surface area contributed by atoms with Gasteiger partial charge in [-0.05, 0) is 12.5 Å². The second kappa shape index (κ2) is 3.69. The topological polar surface area (TPSA) is 46.2 Å². The van der Waals surface area contributed by atoms with Crippen LogP contribution in [0.2, 0.25) is 0 Å². The molecule has 1 N–H and O–H groups in total. The lowest BCUT2D eigenvalue weighted by Crippen LogP contribution is -2.45. The Labute approximate surface area is 80.6 Å². The molecule has 1 fully saturated rings. The Bertz CT molecular complexity index is 299. The Morgan fingerprint density at radius 2 is 1.86 bits per heavy atom. The van der Waals surface area contributed by atoms with Gasteiger partial charge < -0.3 is 5.32 Å². The van der Waals surface area contributed by atoms with Crippen molar-refractivity contribution in [1.82, 2.24) is 5.32 Å². The van der Waals surface area contributed by atoms with Crippen molar-refractivity contribution in [1.29, 1.82) is 0 Å². The quantitative estimate of drug-likeness (QED) is 0.663. The van der Waals surface area contributed by atoms with Gasteiger partial charge in [-0.25, -0.2) is 8.42 Å². The highest BCUT2D eigenvalue weighted by Crippen LogP contribution is 2.23. The summed E-state index contributed by atoms with van der Waals surface area (Å²) in [5.41, 5.74) is 0. The lowest BCUT2D eigenvalue weighted by Gasteiger charge is -2.18. The van der Waals surface area contributed by atoms with Crippen molar-refractivity contribution in [3.8, 4) is 0 Å². The summed E-state index contributed by atoms with van der Waals surface area (Å²) in [4.78, 5) is 0. The average Bonchev–Trinajstić information content (AvgIpc) is 2.05. The monoisotopic (exact) mass is 231 g/mol. The molecule has 0 aliphatic carbocycles. The van der Waals surface area contributed by atoms with Crippen molar-refractivity contribution in [2.45, 2.75) is 19.1 Å². The van der Waals surface area contributed by atoms with E-state index in [1.54, 1.807) is 6.92 Å². The van der Waals surface area contributed by atoms with Gasteiger partial charge in [0.1, 0.15) is 6.04 Å². The maximum atomic E-state index is 12.3. The summed E-state index contributed by atoms with van der Waals surface area (Å²) in [6.07, 6.45) is -4.49. The zero-order chi connectivity index (χ0) is 11.0. The molecule has 84 valence electrons. The highest BCUT2D eigenvalue weighted by atomic mass is 32.2. The standard InChI is InChI=1S/C7H12F3NO2S/c1-5-2-11-6(7(8,9)10)4-14(12,13)3-5/h5-6,11H,2-4H2,1H3. The van der Waals surface area contributed by atoms with Gasteiger partial charge in [0.05, 0.1) is 11.5 Å². The van der Waals surface area contributed by atoms with E-state index in [0.29, 0.717) is 0 Å². The summed E-state index contributed by atoms with van der Waals surface area (Å²) >= 11 is 0. The van der Waals surface area contributed by atoms with Crippen molar-refractivity contribution in [2.75, 3.05) is 18.1 Å². The summed E-state index contributed by atoms with van der Waals surface area (Å²) in [6, 6.07) is -1.92. The summed E-state index contributed by atoms with van der Waals surface area (Å²) in [5.74, 6) is -1.29. The molecule has 0 amide bonds. The fourth-order valence-corrected chi connectivity index (χ4v) is 3.36. The van der Waals surface area contributed by atoms with Crippen LogP contribution < -0.4 is 5.32 Å². The Morgan fingerprint density at radius 3 is 2.36 bits per heavy atom. The average molecular weight is 231 g/mol. The van der Waals surface area contributed by atoms with Crippen LogP contribution in [0.5, 0.6) is 0 Å². The predicted molar refractivity (Wildman–Crippen MR) is 45.7 cm³/mol. The van der Waals surface area contributed by atoms with Crippen LogP contribution in [0.25, 0.3) is 0 Å². The normalized spacial score (nSPS) is 33.7. The molecule has 0 aromatic heterocycles. The smallest absolute Gasteiger partial charge is 0.305 e. The predicted octanol–water partition coefficient (Wildman–Crippen LogP) is 0.571. The van der Waals surface area contributed by atoms with E-state index in [1.807, 2.05) is 0 Å². The fraction of sp³-hybridized carbons (Fsp3) is 1.00. The number of nitrogens with one attached hydrogen (secondary N) is 1. The van der Waals surface area contributed by atoms with E-state index in [9.17, 15) is 21.6 Å². The Morgan fingerprint density at radius 1 is 1.29 bits per heavy atom. The molecular formula is C7H12F3NO2S. The van der Waals surface area contributed by atoms with Gasteiger partial charge in [-0.3, -0.25) is 0 Å². The molecule has 1 aliphatic heterocycles. The molecule has 1 heterocycles. The third kappa shape index (κ3) is 3.13. The third-order valence-corrected chi connectivity index (χ3v) is 3.98. The molecule has 0 aromatic carbocycles. The van der Waals surface area contributed by atoms with Gasteiger partial charge in [0, 0.05) is 0 Å². The van der Waals surface area contributed by atoms with Crippen molar-refractivity contribution < 1.29 is 21.6 Å². The molecule has 0 aromatic rings. The highest BCUT2D eigenvalue weighted by molar-refractivity contribution is 7.91. The second-order valence-corrected chi connectivity index (χ2v) is 5.84. The maximum Gasteiger partial charge on any atom is 0.404 e. The minimum atomic E-state index is -4.49. The van der Waals surface area contributed by atoms with Crippen LogP contribution in [0.3, 0.4) is 0 Å². The van der Waals surface area contributed by atoms with E-state index in [0.717, 1.165) is 0 Å². The van der Waals surface area contributed by atoms with Gasteiger partial charge >= 0.3 is 6.18 Å². The van der Waals surface area contributed by atoms with Crippen LogP contribution in [-0.4, -0.2) is 38.7 Å². The molecule has 3 nitrogen and oxygen atoms in total. The van der Waals surface area contributed by atoms with E-state index in [4.69, 9.17) is 0 Å². The number of hydrogen-bond donors (Lipinski definition) is 1. The van der Waals surface area contributed by atoms with Crippen LogP contribution in [0.4, 0.5) is 13.2 Å². The first kappa shape index (κ1) is 11.8. The van der Waals surface area contributed by atoms with Crippen LogP contribution in [0.15, 0.2) is 0 Å². The Balaban J connectivity index is 2.83. The molecule has 14 heavy (non-hydrogen) atoms. The molecule has 1 rings (SSSR count). The first-order chi connectivity index (χ1) is 6.21. The van der Waals surface area contributed by atoms with E-state index in [2.05, 4.69) is 5.32 Å². The first-order valence-corrected chi connectivity index (χ1v) is 6.03. The van der Waals surface area contributed by atoms with Crippen molar-refractivity contribution in [2.24, 2.45) is 5.92 Å². The van der Waals surface area contributed by atoms with E-state index >= 15 is 0 Å². The summed E-state index contributed by atoms with van der Waals surface area (Å²) in [6.45, 7) is 1.70. The minimum Gasteiger partial charge on any atom is -0.305 e. The minimum absolute atomic E-state index is 0.0867. The molecule has 0 spiro atoms. The molecule has 0 saturated carbocycles. The molecule has 1 aliphatic rings. The molecular weight excluding hydrogens is 219 g/mol. The van der Waals surface area contributed by atoms with Crippen LogP contribution in [-0.2, 0) is 9.84 Å². The van der Waals surface area contributed by atoms with Crippen molar-refractivity contribution in [3.05, 3.63) is 0 Å². The van der Waals surface area contributed by atoms with Crippen LogP contribution >= 0.6 is 0 Å². The van der Waals surface area contributed by atoms with Gasteiger partial charge in [0.2, 0.25) is 0 Å².